The Bertz CT molecular complexity index is 496. The Balaban J connectivity index is 1.94. The smallest absolute Gasteiger partial charge is 0.223 e. The molecule has 0 bridgehead atoms. The van der Waals surface area contributed by atoms with E-state index in [1.54, 1.807) is 6.08 Å². The van der Waals surface area contributed by atoms with Crippen LogP contribution in [-0.4, -0.2) is 40.0 Å². The lowest BCUT2D eigenvalue weighted by Gasteiger charge is -2.32. The molecule has 0 saturated carbocycles. The number of piperidine rings is 1. The molecule has 0 aliphatic carbocycles. The van der Waals surface area contributed by atoms with Crippen molar-refractivity contribution in [3.63, 3.8) is 0 Å². The number of amides is 1. The van der Waals surface area contributed by atoms with Gasteiger partial charge < -0.3 is 9.64 Å². The number of ether oxygens (including phenoxy) is 1. The summed E-state index contributed by atoms with van der Waals surface area (Å²) in [7, 11) is 0. The van der Waals surface area contributed by atoms with Crippen LogP contribution < -0.4 is 4.74 Å². The molecule has 21 heavy (non-hydrogen) atoms. The van der Waals surface area contributed by atoms with Gasteiger partial charge in [-0.15, -0.1) is 6.58 Å². The molecular weight excluding hydrogens is 266 g/mol. The minimum atomic E-state index is 0.0140. The lowest BCUT2D eigenvalue weighted by atomic mass is 10.1. The van der Waals surface area contributed by atoms with Crippen LogP contribution in [0.5, 0.6) is 5.88 Å². The fourth-order valence-electron chi connectivity index (χ4n) is 2.56. The third kappa shape index (κ3) is 4.55. The van der Waals surface area contributed by atoms with Crippen molar-refractivity contribution < 1.29 is 9.53 Å². The Morgan fingerprint density at radius 1 is 1.52 bits per heavy atom. The van der Waals surface area contributed by atoms with E-state index in [9.17, 15) is 4.79 Å². The molecule has 1 atom stereocenters. The van der Waals surface area contributed by atoms with E-state index in [2.05, 4.69) is 16.5 Å². The first-order valence-electron chi connectivity index (χ1n) is 7.46. The number of rotatable bonds is 5. The van der Waals surface area contributed by atoms with Crippen LogP contribution >= 0.6 is 0 Å². The van der Waals surface area contributed by atoms with E-state index in [1.165, 1.54) is 0 Å². The van der Waals surface area contributed by atoms with Crippen LogP contribution in [0, 0.1) is 13.8 Å². The van der Waals surface area contributed by atoms with Gasteiger partial charge in [-0.1, -0.05) is 6.08 Å². The van der Waals surface area contributed by atoms with Crippen molar-refractivity contribution in [3.05, 3.63) is 30.2 Å². The predicted octanol–water partition coefficient (Wildman–Crippen LogP) is 2.43. The fraction of sp³-hybridized carbons (Fsp3) is 0.562. The van der Waals surface area contributed by atoms with Crippen LogP contribution in [-0.2, 0) is 4.79 Å². The Morgan fingerprint density at radius 2 is 2.33 bits per heavy atom. The summed E-state index contributed by atoms with van der Waals surface area (Å²) in [5.74, 6) is 1.49. The molecule has 1 fully saturated rings. The average Bonchev–Trinajstić information content (AvgIpc) is 2.44. The summed E-state index contributed by atoms with van der Waals surface area (Å²) in [5, 5.41) is 0. The monoisotopic (exact) mass is 289 g/mol. The molecule has 1 aliphatic heterocycles. The zero-order valence-electron chi connectivity index (χ0n) is 12.8. The molecule has 1 aliphatic rings. The molecule has 5 nitrogen and oxygen atoms in total. The van der Waals surface area contributed by atoms with E-state index in [0.29, 0.717) is 24.7 Å². The maximum absolute atomic E-state index is 12.1. The van der Waals surface area contributed by atoms with Crippen LogP contribution in [0.2, 0.25) is 0 Å². The van der Waals surface area contributed by atoms with Gasteiger partial charge in [0, 0.05) is 24.7 Å². The molecule has 0 spiro atoms. The van der Waals surface area contributed by atoms with E-state index >= 15 is 0 Å². The molecule has 1 unspecified atom stereocenters. The van der Waals surface area contributed by atoms with E-state index in [-0.39, 0.29) is 12.0 Å². The minimum Gasteiger partial charge on any atom is -0.472 e. The van der Waals surface area contributed by atoms with Gasteiger partial charge in [-0.2, -0.15) is 4.98 Å². The molecule has 0 radical (unpaired) electrons. The largest absolute Gasteiger partial charge is 0.472 e. The third-order valence-electron chi connectivity index (χ3n) is 3.52. The van der Waals surface area contributed by atoms with Crippen molar-refractivity contribution in [1.82, 2.24) is 14.9 Å². The first-order chi connectivity index (χ1) is 10.1. The highest BCUT2D eigenvalue weighted by molar-refractivity contribution is 5.76. The van der Waals surface area contributed by atoms with Gasteiger partial charge >= 0.3 is 0 Å². The van der Waals surface area contributed by atoms with Crippen LogP contribution in [0.4, 0.5) is 0 Å². The number of hydrogen-bond acceptors (Lipinski definition) is 4. The average molecular weight is 289 g/mol. The zero-order chi connectivity index (χ0) is 15.2. The van der Waals surface area contributed by atoms with Gasteiger partial charge in [0.15, 0.2) is 0 Å². The summed E-state index contributed by atoms with van der Waals surface area (Å²) in [6.07, 6.45) is 4.97. The maximum Gasteiger partial charge on any atom is 0.223 e. The zero-order valence-corrected chi connectivity index (χ0v) is 12.8. The highest BCUT2D eigenvalue weighted by Crippen LogP contribution is 2.18. The molecular formula is C16H23N3O2. The summed E-state index contributed by atoms with van der Waals surface area (Å²) in [6.45, 7) is 8.89. The van der Waals surface area contributed by atoms with Gasteiger partial charge in [0.2, 0.25) is 11.8 Å². The highest BCUT2D eigenvalue weighted by Gasteiger charge is 2.24. The number of likely N-dealkylation sites (tertiary alicyclic amines) is 1. The van der Waals surface area contributed by atoms with Crippen LogP contribution in [0.15, 0.2) is 18.7 Å². The van der Waals surface area contributed by atoms with Crippen molar-refractivity contribution in [3.8, 4) is 5.88 Å². The summed E-state index contributed by atoms with van der Waals surface area (Å²) in [4.78, 5) is 22.5. The number of aromatic nitrogens is 2. The fourth-order valence-corrected chi connectivity index (χ4v) is 2.56. The second kappa shape index (κ2) is 7.20. The van der Waals surface area contributed by atoms with Crippen molar-refractivity contribution in [1.29, 1.82) is 0 Å². The predicted molar refractivity (Wildman–Crippen MR) is 81.2 cm³/mol. The van der Waals surface area contributed by atoms with Gasteiger partial charge in [-0.3, -0.25) is 4.79 Å². The maximum atomic E-state index is 12.1. The number of nitrogens with zero attached hydrogens (tertiary/aromatic N) is 3. The molecule has 1 amide bonds. The molecule has 114 valence electrons. The topological polar surface area (TPSA) is 55.3 Å². The highest BCUT2D eigenvalue weighted by atomic mass is 16.5. The van der Waals surface area contributed by atoms with Crippen molar-refractivity contribution in [2.45, 2.75) is 45.6 Å². The van der Waals surface area contributed by atoms with Crippen LogP contribution in [0.3, 0.4) is 0 Å². The van der Waals surface area contributed by atoms with Crippen LogP contribution in [0.1, 0.15) is 37.2 Å². The Morgan fingerprint density at radius 3 is 3.05 bits per heavy atom. The lowest BCUT2D eigenvalue weighted by molar-refractivity contribution is -0.133. The van der Waals surface area contributed by atoms with Gasteiger partial charge in [0.05, 0.1) is 6.54 Å². The SMILES string of the molecule is C=CCCC(=O)N1CCCC(Oc2cc(C)nc(C)n2)C1. The van der Waals surface area contributed by atoms with E-state index in [4.69, 9.17) is 4.74 Å². The second-order valence-electron chi connectivity index (χ2n) is 5.44. The summed E-state index contributed by atoms with van der Waals surface area (Å²) in [5.41, 5.74) is 0.896. The van der Waals surface area contributed by atoms with E-state index < -0.39 is 0 Å². The summed E-state index contributed by atoms with van der Waals surface area (Å²) in [6, 6.07) is 1.84. The standard InChI is InChI=1S/C16H23N3O2/c1-4-5-8-16(20)19-9-6-7-14(11-19)21-15-10-12(2)17-13(3)18-15/h4,10,14H,1,5-9,11H2,2-3H3. The minimum absolute atomic E-state index is 0.0140. The summed E-state index contributed by atoms with van der Waals surface area (Å²) >= 11 is 0. The number of carbonyl (C=O) groups is 1. The first kappa shape index (κ1) is 15.5. The molecule has 0 N–H and O–H groups in total. The van der Waals surface area contributed by atoms with Gasteiger partial charge in [-0.25, -0.2) is 4.98 Å². The van der Waals surface area contributed by atoms with Crippen molar-refractivity contribution in [2.75, 3.05) is 13.1 Å². The van der Waals surface area contributed by atoms with E-state index in [1.807, 2.05) is 24.8 Å². The third-order valence-corrected chi connectivity index (χ3v) is 3.52. The molecule has 5 heteroatoms. The van der Waals surface area contributed by atoms with Crippen LogP contribution in [0.25, 0.3) is 0 Å². The Kier molecular flexibility index (Phi) is 5.31. The quantitative estimate of drug-likeness (QED) is 0.781. The van der Waals surface area contributed by atoms with Gasteiger partial charge in [0.1, 0.15) is 11.9 Å². The molecule has 1 saturated heterocycles. The number of aryl methyl sites for hydroxylation is 2. The number of hydrogen-bond donors (Lipinski definition) is 0. The molecule has 2 heterocycles. The normalized spacial score (nSPS) is 18.4. The van der Waals surface area contributed by atoms with E-state index in [0.717, 1.165) is 31.5 Å². The number of carbonyl (C=O) groups excluding carboxylic acids is 1. The molecule has 2 rings (SSSR count). The summed E-state index contributed by atoms with van der Waals surface area (Å²) < 4.78 is 5.94. The van der Waals surface area contributed by atoms with Gasteiger partial charge in [0.25, 0.3) is 0 Å². The van der Waals surface area contributed by atoms with Crippen molar-refractivity contribution >= 4 is 5.91 Å². The lowest BCUT2D eigenvalue weighted by Crippen LogP contribution is -2.44. The molecule has 1 aromatic rings. The first-order valence-corrected chi connectivity index (χ1v) is 7.46. The molecule has 1 aromatic heterocycles. The van der Waals surface area contributed by atoms with Crippen molar-refractivity contribution in [2.24, 2.45) is 0 Å². The number of allylic oxidation sites excluding steroid dienone is 1. The van der Waals surface area contributed by atoms with Gasteiger partial charge in [-0.05, 0) is 33.1 Å². The second-order valence-corrected chi connectivity index (χ2v) is 5.44. The Labute approximate surface area is 126 Å². The Hall–Kier alpha value is -1.91. The molecule has 0 aromatic carbocycles.